The molecule has 0 amide bonds. The van der Waals surface area contributed by atoms with Crippen molar-refractivity contribution in [3.63, 3.8) is 0 Å². The minimum Gasteiger partial charge on any atom is -0.160 e. The molecule has 2 atom stereocenters. The molecular formula is C6H8S2. The van der Waals surface area contributed by atoms with Crippen molar-refractivity contribution in [1.29, 1.82) is 0 Å². The van der Waals surface area contributed by atoms with Gasteiger partial charge in [0.15, 0.2) is 0 Å². The van der Waals surface area contributed by atoms with E-state index >= 15 is 0 Å². The van der Waals surface area contributed by atoms with Gasteiger partial charge in [-0.1, -0.05) is 6.08 Å². The number of fused-ring (bicyclic) bond motifs is 1. The Bertz CT molecular complexity index is 120. The van der Waals surface area contributed by atoms with Crippen molar-refractivity contribution in [2.24, 2.45) is 5.92 Å². The second-order valence-electron chi connectivity index (χ2n) is 2.20. The van der Waals surface area contributed by atoms with Crippen molar-refractivity contribution in [3.05, 3.63) is 11.5 Å². The van der Waals surface area contributed by atoms with E-state index in [0.29, 0.717) is 0 Å². The fraction of sp³-hybridized carbons (Fsp3) is 0.667. The third kappa shape index (κ3) is 0.705. The second kappa shape index (κ2) is 1.99. The molecule has 8 heavy (non-hydrogen) atoms. The summed E-state index contributed by atoms with van der Waals surface area (Å²) in [7, 11) is 0. The van der Waals surface area contributed by atoms with Gasteiger partial charge < -0.3 is 0 Å². The van der Waals surface area contributed by atoms with E-state index in [1.807, 2.05) is 11.8 Å². The number of thioether (sulfide) groups is 2. The maximum Gasteiger partial charge on any atom is 0.0250 e. The lowest BCUT2D eigenvalue weighted by atomic mass is 10.1. The zero-order valence-corrected chi connectivity index (χ0v) is 6.17. The molecule has 2 rings (SSSR count). The quantitative estimate of drug-likeness (QED) is 0.510. The van der Waals surface area contributed by atoms with Crippen LogP contribution in [-0.2, 0) is 0 Å². The zero-order valence-electron chi connectivity index (χ0n) is 4.54. The SMILES string of the molecule is C1=CC2CSCC2S1. The van der Waals surface area contributed by atoms with Gasteiger partial charge in [-0.2, -0.15) is 11.8 Å². The topological polar surface area (TPSA) is 0 Å². The van der Waals surface area contributed by atoms with E-state index in [1.165, 1.54) is 11.5 Å². The molecule has 0 nitrogen and oxygen atoms in total. The second-order valence-corrected chi connectivity index (χ2v) is 4.43. The lowest BCUT2D eigenvalue weighted by molar-refractivity contribution is 0.780. The average Bonchev–Trinajstić information content (AvgIpc) is 2.15. The van der Waals surface area contributed by atoms with Crippen LogP contribution in [-0.4, -0.2) is 16.8 Å². The first-order valence-electron chi connectivity index (χ1n) is 2.87. The summed E-state index contributed by atoms with van der Waals surface area (Å²) < 4.78 is 0. The van der Waals surface area contributed by atoms with Gasteiger partial charge in [-0.05, 0) is 11.3 Å². The van der Waals surface area contributed by atoms with Crippen LogP contribution in [0.4, 0.5) is 0 Å². The molecule has 0 aromatic heterocycles. The standard InChI is InChI=1S/C6H8S2/c1-2-8-6-4-7-3-5(1)6/h1-2,5-6H,3-4H2. The lowest BCUT2D eigenvalue weighted by Crippen LogP contribution is -2.06. The molecule has 2 unspecified atom stereocenters. The van der Waals surface area contributed by atoms with E-state index in [2.05, 4.69) is 23.2 Å². The highest BCUT2D eigenvalue weighted by atomic mass is 32.2. The van der Waals surface area contributed by atoms with Gasteiger partial charge in [-0.15, -0.1) is 11.8 Å². The summed E-state index contributed by atoms with van der Waals surface area (Å²) in [5, 5.41) is 3.20. The smallest absolute Gasteiger partial charge is 0.0250 e. The van der Waals surface area contributed by atoms with Crippen LogP contribution in [0.15, 0.2) is 11.5 Å². The van der Waals surface area contributed by atoms with Gasteiger partial charge in [-0.25, -0.2) is 0 Å². The van der Waals surface area contributed by atoms with Crippen LogP contribution in [0.5, 0.6) is 0 Å². The molecule has 0 N–H and O–H groups in total. The Kier molecular flexibility index (Phi) is 1.31. The van der Waals surface area contributed by atoms with E-state index in [0.717, 1.165) is 11.2 Å². The Hall–Kier alpha value is 0.440. The predicted octanol–water partition coefficient (Wildman–Crippen LogP) is 1.98. The van der Waals surface area contributed by atoms with E-state index in [9.17, 15) is 0 Å². The Labute approximate surface area is 58.1 Å². The molecular weight excluding hydrogens is 136 g/mol. The van der Waals surface area contributed by atoms with Crippen LogP contribution in [0.2, 0.25) is 0 Å². The molecule has 1 fully saturated rings. The molecule has 0 spiro atoms. The summed E-state index contributed by atoms with van der Waals surface area (Å²) in [4.78, 5) is 0. The third-order valence-electron chi connectivity index (χ3n) is 1.65. The van der Waals surface area contributed by atoms with Crippen LogP contribution in [0.3, 0.4) is 0 Å². The third-order valence-corrected chi connectivity index (χ3v) is 4.26. The van der Waals surface area contributed by atoms with E-state index in [4.69, 9.17) is 0 Å². The molecule has 1 saturated heterocycles. The molecule has 0 radical (unpaired) electrons. The monoisotopic (exact) mass is 144 g/mol. The van der Waals surface area contributed by atoms with Gasteiger partial charge in [0.05, 0.1) is 0 Å². The van der Waals surface area contributed by atoms with Crippen molar-refractivity contribution >= 4 is 23.5 Å². The van der Waals surface area contributed by atoms with Crippen molar-refractivity contribution in [1.82, 2.24) is 0 Å². The minimum absolute atomic E-state index is 0.921. The largest absolute Gasteiger partial charge is 0.160 e. The summed E-state index contributed by atoms with van der Waals surface area (Å²) in [6.07, 6.45) is 2.36. The summed E-state index contributed by atoms with van der Waals surface area (Å²) >= 11 is 4.11. The fourth-order valence-electron chi connectivity index (χ4n) is 1.12. The van der Waals surface area contributed by atoms with E-state index < -0.39 is 0 Å². The summed E-state index contributed by atoms with van der Waals surface area (Å²) in [5.74, 6) is 3.67. The molecule has 0 aliphatic carbocycles. The predicted molar refractivity (Wildman–Crippen MR) is 41.3 cm³/mol. The molecule has 2 aliphatic heterocycles. The van der Waals surface area contributed by atoms with Crippen molar-refractivity contribution in [2.45, 2.75) is 5.25 Å². The molecule has 0 bridgehead atoms. The van der Waals surface area contributed by atoms with Gasteiger partial charge >= 0.3 is 0 Å². The number of rotatable bonds is 0. The molecule has 44 valence electrons. The van der Waals surface area contributed by atoms with Crippen LogP contribution in [0, 0.1) is 5.92 Å². The van der Waals surface area contributed by atoms with Gasteiger partial charge in [0, 0.05) is 16.8 Å². The summed E-state index contributed by atoms with van der Waals surface area (Å²) in [6.45, 7) is 0. The van der Waals surface area contributed by atoms with E-state index in [1.54, 1.807) is 0 Å². The molecule has 2 heterocycles. The van der Waals surface area contributed by atoms with Crippen molar-refractivity contribution < 1.29 is 0 Å². The average molecular weight is 144 g/mol. The maximum absolute atomic E-state index is 2.36. The summed E-state index contributed by atoms with van der Waals surface area (Å²) in [5.41, 5.74) is 0. The highest BCUT2D eigenvalue weighted by Crippen LogP contribution is 2.39. The van der Waals surface area contributed by atoms with Crippen LogP contribution >= 0.6 is 23.5 Å². The fourth-order valence-corrected chi connectivity index (χ4v) is 3.96. The Morgan fingerprint density at radius 2 is 2.38 bits per heavy atom. The highest BCUT2D eigenvalue weighted by Gasteiger charge is 2.28. The van der Waals surface area contributed by atoms with Crippen LogP contribution in [0.1, 0.15) is 0 Å². The molecule has 2 aliphatic rings. The van der Waals surface area contributed by atoms with Crippen molar-refractivity contribution in [3.8, 4) is 0 Å². The lowest BCUT2D eigenvalue weighted by Gasteiger charge is -2.02. The van der Waals surface area contributed by atoms with Gasteiger partial charge in [0.25, 0.3) is 0 Å². The molecule has 2 heteroatoms. The Morgan fingerprint density at radius 1 is 1.38 bits per heavy atom. The molecule has 0 aromatic rings. The maximum atomic E-state index is 2.36. The first-order chi connectivity index (χ1) is 3.97. The Morgan fingerprint density at radius 3 is 3.25 bits per heavy atom. The minimum atomic E-state index is 0.921. The van der Waals surface area contributed by atoms with Crippen molar-refractivity contribution in [2.75, 3.05) is 11.5 Å². The van der Waals surface area contributed by atoms with Crippen LogP contribution in [0.25, 0.3) is 0 Å². The number of allylic oxidation sites excluding steroid dienone is 1. The zero-order chi connectivity index (χ0) is 5.40. The van der Waals surface area contributed by atoms with Gasteiger partial charge in [0.1, 0.15) is 0 Å². The first-order valence-corrected chi connectivity index (χ1v) is 4.96. The van der Waals surface area contributed by atoms with E-state index in [-0.39, 0.29) is 0 Å². The number of hydrogen-bond acceptors (Lipinski definition) is 2. The molecule has 0 saturated carbocycles. The first kappa shape index (κ1) is 5.24. The Balaban J connectivity index is 2.13. The van der Waals surface area contributed by atoms with Gasteiger partial charge in [0.2, 0.25) is 0 Å². The van der Waals surface area contributed by atoms with Crippen LogP contribution < -0.4 is 0 Å². The summed E-state index contributed by atoms with van der Waals surface area (Å²) in [6, 6.07) is 0. The highest BCUT2D eigenvalue weighted by molar-refractivity contribution is 8.06. The normalized spacial score (nSPS) is 43.0. The number of hydrogen-bond donors (Lipinski definition) is 0. The van der Waals surface area contributed by atoms with Gasteiger partial charge in [-0.3, -0.25) is 0 Å². The molecule has 0 aromatic carbocycles.